The molecule has 0 aliphatic heterocycles. The molecule has 19 heavy (non-hydrogen) atoms. The highest BCUT2D eigenvalue weighted by molar-refractivity contribution is 6.13. The van der Waals surface area contributed by atoms with Crippen LogP contribution in [0.5, 0.6) is 0 Å². The third kappa shape index (κ3) is 2.06. The lowest BCUT2D eigenvalue weighted by Crippen LogP contribution is -2.01. The number of hydrazone groups is 1. The number of hydrogen-bond donors (Lipinski definition) is 1. The predicted molar refractivity (Wildman–Crippen MR) is 78.2 cm³/mol. The highest BCUT2D eigenvalue weighted by Gasteiger charge is 2.04. The van der Waals surface area contributed by atoms with Crippen LogP contribution < -0.4 is 5.43 Å². The summed E-state index contributed by atoms with van der Waals surface area (Å²) in [5, 5.41) is 8.48. The molecule has 0 atom stereocenters. The Balaban J connectivity index is 2.36. The van der Waals surface area contributed by atoms with Crippen LogP contribution in [0.1, 0.15) is 5.56 Å². The zero-order valence-corrected chi connectivity index (χ0v) is 10.2. The van der Waals surface area contributed by atoms with Crippen LogP contribution in [0.2, 0.25) is 0 Å². The van der Waals surface area contributed by atoms with E-state index in [-0.39, 0.29) is 0 Å². The van der Waals surface area contributed by atoms with Crippen LogP contribution in [-0.4, -0.2) is 12.6 Å². The second-order valence-electron chi connectivity index (χ2n) is 4.24. The molecule has 0 radical (unpaired) electrons. The molecule has 0 fully saturated rings. The van der Waals surface area contributed by atoms with Gasteiger partial charge in [0.25, 0.3) is 0 Å². The fourth-order valence-electron chi connectivity index (χ4n) is 2.32. The minimum Gasteiger partial charge on any atom is -0.277 e. The molecule has 3 nitrogen and oxygen atoms in total. The Kier molecular flexibility index (Phi) is 2.94. The Hall–Kier alpha value is -2.68. The monoisotopic (exact) mass is 248 g/mol. The summed E-state index contributed by atoms with van der Waals surface area (Å²) in [6, 6.07) is 18.5. The Morgan fingerprint density at radius 2 is 1.47 bits per heavy atom. The van der Waals surface area contributed by atoms with Crippen molar-refractivity contribution in [3.63, 3.8) is 0 Å². The van der Waals surface area contributed by atoms with E-state index in [1.807, 2.05) is 24.3 Å². The number of nitrogens with zero attached hydrogens (tertiary/aromatic N) is 1. The molecule has 0 aromatic heterocycles. The molecule has 1 amide bonds. The first kappa shape index (κ1) is 11.4. The molecule has 0 aliphatic carbocycles. The van der Waals surface area contributed by atoms with Crippen molar-refractivity contribution in [2.24, 2.45) is 5.10 Å². The van der Waals surface area contributed by atoms with Crippen LogP contribution in [-0.2, 0) is 4.79 Å². The largest absolute Gasteiger partial charge is 0.277 e. The van der Waals surface area contributed by atoms with Crippen molar-refractivity contribution >= 4 is 34.2 Å². The van der Waals surface area contributed by atoms with Gasteiger partial charge in [-0.3, -0.25) is 4.79 Å². The summed E-state index contributed by atoms with van der Waals surface area (Å²) < 4.78 is 0. The number of nitrogens with one attached hydrogen (secondary N) is 1. The Morgan fingerprint density at radius 3 is 2.05 bits per heavy atom. The van der Waals surface area contributed by atoms with Gasteiger partial charge in [-0.2, -0.15) is 5.10 Å². The highest BCUT2D eigenvalue weighted by Crippen LogP contribution is 2.27. The summed E-state index contributed by atoms with van der Waals surface area (Å²) in [5.74, 6) is 0. The minimum atomic E-state index is 0.559. The number of fused-ring (bicyclic) bond motifs is 2. The Bertz CT molecular complexity index is 724. The van der Waals surface area contributed by atoms with Crippen LogP contribution in [0.15, 0.2) is 59.7 Å². The predicted octanol–water partition coefficient (Wildman–Crippen LogP) is 3.07. The Labute approximate surface area is 110 Å². The molecule has 0 bridgehead atoms. The van der Waals surface area contributed by atoms with Gasteiger partial charge < -0.3 is 0 Å². The first-order valence-electron chi connectivity index (χ1n) is 6.03. The molecule has 92 valence electrons. The average Bonchev–Trinajstić information content (AvgIpc) is 2.46. The molecule has 0 aliphatic rings. The van der Waals surface area contributed by atoms with Gasteiger partial charge in [-0.15, -0.1) is 0 Å². The minimum absolute atomic E-state index is 0.559. The molecular formula is C16H12N2O. The van der Waals surface area contributed by atoms with Gasteiger partial charge in [0.2, 0.25) is 6.41 Å². The molecule has 3 aromatic rings. The molecular weight excluding hydrogens is 236 g/mol. The normalized spacial score (nSPS) is 11.2. The highest BCUT2D eigenvalue weighted by atomic mass is 16.1. The van der Waals surface area contributed by atoms with E-state index in [2.05, 4.69) is 40.9 Å². The van der Waals surface area contributed by atoms with Gasteiger partial charge in [0.1, 0.15) is 0 Å². The van der Waals surface area contributed by atoms with Crippen molar-refractivity contribution in [1.29, 1.82) is 0 Å². The lowest BCUT2D eigenvalue weighted by Gasteiger charge is -2.07. The number of carbonyl (C=O) groups is 1. The van der Waals surface area contributed by atoms with E-state index in [4.69, 9.17) is 0 Å². The van der Waals surface area contributed by atoms with Crippen molar-refractivity contribution in [1.82, 2.24) is 5.43 Å². The first-order chi connectivity index (χ1) is 9.40. The third-order valence-electron chi connectivity index (χ3n) is 3.13. The summed E-state index contributed by atoms with van der Waals surface area (Å²) in [5.41, 5.74) is 3.33. The van der Waals surface area contributed by atoms with E-state index in [1.54, 1.807) is 6.21 Å². The van der Waals surface area contributed by atoms with E-state index in [9.17, 15) is 4.79 Å². The lowest BCUT2D eigenvalue weighted by atomic mass is 9.97. The molecule has 0 spiro atoms. The lowest BCUT2D eigenvalue weighted by molar-refractivity contribution is -0.109. The van der Waals surface area contributed by atoms with E-state index in [0.717, 1.165) is 27.1 Å². The Morgan fingerprint density at radius 1 is 0.895 bits per heavy atom. The second-order valence-corrected chi connectivity index (χ2v) is 4.24. The van der Waals surface area contributed by atoms with E-state index >= 15 is 0 Å². The standard InChI is InChI=1S/C16H12N2O/c19-11-18-17-10-16-14-7-3-1-5-12(14)9-13-6-2-4-8-15(13)16/h1-11H,(H,18,19). The maximum atomic E-state index is 10.3. The molecule has 3 aromatic carbocycles. The number of carbonyl (C=O) groups excluding carboxylic acids is 1. The smallest absolute Gasteiger partial charge is 0.227 e. The third-order valence-corrected chi connectivity index (χ3v) is 3.13. The average molecular weight is 248 g/mol. The van der Waals surface area contributed by atoms with Gasteiger partial charge in [-0.05, 0) is 27.6 Å². The van der Waals surface area contributed by atoms with Gasteiger partial charge in [0.05, 0.1) is 6.21 Å². The zero-order chi connectivity index (χ0) is 13.1. The quantitative estimate of drug-likeness (QED) is 0.329. The fourth-order valence-corrected chi connectivity index (χ4v) is 2.32. The molecule has 3 heteroatoms. The molecule has 0 saturated heterocycles. The van der Waals surface area contributed by atoms with E-state index in [1.165, 1.54) is 0 Å². The van der Waals surface area contributed by atoms with Crippen molar-refractivity contribution in [3.8, 4) is 0 Å². The van der Waals surface area contributed by atoms with Crippen LogP contribution in [0.25, 0.3) is 21.5 Å². The fraction of sp³-hybridized carbons (Fsp3) is 0. The van der Waals surface area contributed by atoms with Crippen molar-refractivity contribution < 1.29 is 4.79 Å². The van der Waals surface area contributed by atoms with Crippen LogP contribution in [0.4, 0.5) is 0 Å². The molecule has 0 saturated carbocycles. The maximum Gasteiger partial charge on any atom is 0.227 e. The topological polar surface area (TPSA) is 41.5 Å². The van der Waals surface area contributed by atoms with Crippen LogP contribution >= 0.6 is 0 Å². The molecule has 1 N–H and O–H groups in total. The van der Waals surface area contributed by atoms with E-state index < -0.39 is 0 Å². The van der Waals surface area contributed by atoms with Crippen molar-refractivity contribution in [2.75, 3.05) is 0 Å². The van der Waals surface area contributed by atoms with Crippen molar-refractivity contribution in [2.45, 2.75) is 0 Å². The summed E-state index contributed by atoms with van der Waals surface area (Å²) >= 11 is 0. The zero-order valence-electron chi connectivity index (χ0n) is 10.2. The SMILES string of the molecule is O=CNN=Cc1c2ccccc2cc2ccccc12. The number of rotatable bonds is 3. The summed E-state index contributed by atoms with van der Waals surface area (Å²) in [7, 11) is 0. The van der Waals surface area contributed by atoms with Crippen LogP contribution in [0.3, 0.4) is 0 Å². The maximum absolute atomic E-state index is 10.3. The summed E-state index contributed by atoms with van der Waals surface area (Å²) in [4.78, 5) is 10.3. The van der Waals surface area contributed by atoms with Gasteiger partial charge in [-0.1, -0.05) is 48.5 Å². The number of amides is 1. The van der Waals surface area contributed by atoms with Crippen molar-refractivity contribution in [3.05, 3.63) is 60.2 Å². The molecule has 3 rings (SSSR count). The first-order valence-corrected chi connectivity index (χ1v) is 6.03. The number of hydrogen-bond acceptors (Lipinski definition) is 2. The van der Waals surface area contributed by atoms with Gasteiger partial charge in [0.15, 0.2) is 0 Å². The van der Waals surface area contributed by atoms with E-state index in [0.29, 0.717) is 6.41 Å². The molecule has 0 unspecified atom stereocenters. The second kappa shape index (κ2) is 4.90. The molecule has 0 heterocycles. The van der Waals surface area contributed by atoms with Gasteiger partial charge >= 0.3 is 0 Å². The summed E-state index contributed by atoms with van der Waals surface area (Å²) in [6.45, 7) is 0. The number of benzene rings is 3. The summed E-state index contributed by atoms with van der Waals surface area (Å²) in [6.07, 6.45) is 2.25. The van der Waals surface area contributed by atoms with Crippen LogP contribution in [0, 0.1) is 0 Å². The van der Waals surface area contributed by atoms with Gasteiger partial charge in [0, 0.05) is 5.56 Å². The van der Waals surface area contributed by atoms with Gasteiger partial charge in [-0.25, -0.2) is 5.43 Å².